The number of halogens is 2. The summed E-state index contributed by atoms with van der Waals surface area (Å²) in [6.45, 7) is 3.96. The third kappa shape index (κ3) is 10.5. The SMILES string of the molecule is CCCCCCCCCCc1ccc(-c2ncc(OCC(F)CC(F)CCC)cn2)cc1. The Morgan fingerprint density at radius 1 is 0.781 bits per heavy atom. The van der Waals surface area contributed by atoms with Gasteiger partial charge in [-0.05, 0) is 24.8 Å². The second-order valence-electron chi connectivity index (χ2n) is 8.69. The zero-order valence-electron chi connectivity index (χ0n) is 19.9. The Bertz CT molecular complexity index is 721. The molecule has 3 nitrogen and oxygen atoms in total. The summed E-state index contributed by atoms with van der Waals surface area (Å²) < 4.78 is 32.7. The van der Waals surface area contributed by atoms with Crippen molar-refractivity contribution in [1.29, 1.82) is 0 Å². The first-order chi connectivity index (χ1) is 15.6. The topological polar surface area (TPSA) is 35.0 Å². The Hall–Kier alpha value is -2.04. The summed E-state index contributed by atoms with van der Waals surface area (Å²) >= 11 is 0. The second-order valence-corrected chi connectivity index (χ2v) is 8.69. The Kier molecular flexibility index (Phi) is 12.9. The van der Waals surface area contributed by atoms with Crippen LogP contribution in [0.25, 0.3) is 11.4 Å². The lowest BCUT2D eigenvalue weighted by molar-refractivity contribution is 0.146. The number of unbranched alkanes of at least 4 members (excludes halogenated alkanes) is 7. The van der Waals surface area contributed by atoms with Gasteiger partial charge in [0.05, 0.1) is 12.4 Å². The highest BCUT2D eigenvalue weighted by atomic mass is 19.1. The lowest BCUT2D eigenvalue weighted by atomic mass is 10.0. The van der Waals surface area contributed by atoms with E-state index in [2.05, 4.69) is 29.0 Å². The fraction of sp³-hybridized carbons (Fsp3) is 0.630. The van der Waals surface area contributed by atoms with Gasteiger partial charge in [-0.1, -0.05) is 89.5 Å². The number of aromatic nitrogens is 2. The molecule has 0 fully saturated rings. The number of benzene rings is 1. The average molecular weight is 447 g/mol. The van der Waals surface area contributed by atoms with Crippen LogP contribution in [0.5, 0.6) is 5.75 Å². The molecule has 0 saturated carbocycles. The maximum Gasteiger partial charge on any atom is 0.159 e. The van der Waals surface area contributed by atoms with Crippen LogP contribution in [0.2, 0.25) is 0 Å². The molecule has 1 aromatic carbocycles. The van der Waals surface area contributed by atoms with Crippen molar-refractivity contribution in [2.24, 2.45) is 0 Å². The van der Waals surface area contributed by atoms with Gasteiger partial charge in [0.15, 0.2) is 11.6 Å². The van der Waals surface area contributed by atoms with Gasteiger partial charge in [-0.3, -0.25) is 0 Å². The van der Waals surface area contributed by atoms with Crippen LogP contribution in [-0.2, 0) is 6.42 Å². The monoisotopic (exact) mass is 446 g/mol. The van der Waals surface area contributed by atoms with Crippen molar-refractivity contribution in [3.8, 4) is 17.1 Å². The number of alkyl halides is 2. The highest BCUT2D eigenvalue weighted by Crippen LogP contribution is 2.19. The van der Waals surface area contributed by atoms with E-state index in [0.717, 1.165) is 12.0 Å². The summed E-state index contributed by atoms with van der Waals surface area (Å²) in [5.41, 5.74) is 2.28. The predicted molar refractivity (Wildman–Crippen MR) is 129 cm³/mol. The fourth-order valence-electron chi connectivity index (χ4n) is 3.79. The summed E-state index contributed by atoms with van der Waals surface area (Å²) in [6, 6.07) is 8.37. The van der Waals surface area contributed by atoms with Crippen LogP contribution in [-0.4, -0.2) is 28.9 Å². The molecule has 2 rings (SSSR count). The maximum absolute atomic E-state index is 13.8. The van der Waals surface area contributed by atoms with Crippen molar-refractivity contribution in [3.63, 3.8) is 0 Å². The van der Waals surface area contributed by atoms with E-state index >= 15 is 0 Å². The number of aryl methyl sites for hydroxylation is 1. The molecule has 0 bridgehead atoms. The zero-order valence-corrected chi connectivity index (χ0v) is 19.9. The lowest BCUT2D eigenvalue weighted by Crippen LogP contribution is -2.18. The lowest BCUT2D eigenvalue weighted by Gasteiger charge is -2.12. The first kappa shape index (κ1) is 26.2. The first-order valence-electron chi connectivity index (χ1n) is 12.4. The summed E-state index contributed by atoms with van der Waals surface area (Å²) in [5, 5.41) is 0. The molecular formula is C27H40F2N2O. The normalized spacial score (nSPS) is 13.1. The molecule has 0 aliphatic heterocycles. The molecule has 0 radical (unpaired) electrons. The van der Waals surface area contributed by atoms with Crippen LogP contribution in [0.1, 0.15) is 90.0 Å². The van der Waals surface area contributed by atoms with Gasteiger partial charge in [-0.15, -0.1) is 0 Å². The molecule has 5 heteroatoms. The third-order valence-corrected chi connectivity index (χ3v) is 5.70. The van der Waals surface area contributed by atoms with Gasteiger partial charge in [0.1, 0.15) is 19.0 Å². The maximum atomic E-state index is 13.8. The number of ether oxygens (including phenoxy) is 1. The molecule has 0 aliphatic carbocycles. The second kappa shape index (κ2) is 15.7. The molecule has 0 amide bonds. The Morgan fingerprint density at radius 3 is 2.03 bits per heavy atom. The van der Waals surface area contributed by atoms with E-state index in [4.69, 9.17) is 4.74 Å². The van der Waals surface area contributed by atoms with E-state index in [0.29, 0.717) is 24.4 Å². The Morgan fingerprint density at radius 2 is 1.41 bits per heavy atom. The molecule has 0 saturated heterocycles. The molecule has 0 N–H and O–H groups in total. The molecular weight excluding hydrogens is 406 g/mol. The van der Waals surface area contributed by atoms with Gasteiger partial charge in [-0.25, -0.2) is 18.7 Å². The van der Waals surface area contributed by atoms with Crippen LogP contribution >= 0.6 is 0 Å². The van der Waals surface area contributed by atoms with Crippen molar-refractivity contribution < 1.29 is 13.5 Å². The average Bonchev–Trinajstić information content (AvgIpc) is 2.80. The van der Waals surface area contributed by atoms with E-state index in [-0.39, 0.29) is 13.0 Å². The van der Waals surface area contributed by atoms with Crippen LogP contribution in [0, 0.1) is 0 Å². The van der Waals surface area contributed by atoms with Crippen molar-refractivity contribution in [3.05, 3.63) is 42.2 Å². The molecule has 2 aromatic rings. The van der Waals surface area contributed by atoms with Crippen LogP contribution in [0.15, 0.2) is 36.7 Å². The molecule has 1 heterocycles. The van der Waals surface area contributed by atoms with Gasteiger partial charge in [0.25, 0.3) is 0 Å². The van der Waals surface area contributed by atoms with Crippen LogP contribution in [0.4, 0.5) is 8.78 Å². The molecule has 2 atom stereocenters. The number of hydrogen-bond acceptors (Lipinski definition) is 3. The molecule has 0 aliphatic rings. The molecule has 1 aromatic heterocycles. The number of hydrogen-bond donors (Lipinski definition) is 0. The molecule has 178 valence electrons. The molecule has 2 unspecified atom stereocenters. The predicted octanol–water partition coefficient (Wildman–Crippen LogP) is 8.07. The molecule has 32 heavy (non-hydrogen) atoms. The molecule has 0 spiro atoms. The van der Waals surface area contributed by atoms with Gasteiger partial charge in [0, 0.05) is 12.0 Å². The van der Waals surface area contributed by atoms with Crippen LogP contribution in [0.3, 0.4) is 0 Å². The van der Waals surface area contributed by atoms with E-state index in [1.165, 1.54) is 56.9 Å². The zero-order chi connectivity index (χ0) is 23.0. The summed E-state index contributed by atoms with van der Waals surface area (Å²) in [6.07, 6.45) is 13.4. The summed E-state index contributed by atoms with van der Waals surface area (Å²) in [4.78, 5) is 8.66. The van der Waals surface area contributed by atoms with E-state index in [1.807, 2.05) is 19.1 Å². The standard InChI is InChI=1S/C27H40F2N2O/c1-3-5-6-7-8-9-10-11-13-22-14-16-23(17-15-22)27-30-19-26(20-31-27)32-21-25(29)18-24(28)12-4-2/h14-17,19-20,24-25H,3-13,18,21H2,1-2H3. The largest absolute Gasteiger partial charge is 0.487 e. The van der Waals surface area contributed by atoms with Crippen molar-refractivity contribution in [2.75, 3.05) is 6.61 Å². The Labute approximate surface area is 193 Å². The minimum atomic E-state index is -1.33. The van der Waals surface area contributed by atoms with Gasteiger partial charge >= 0.3 is 0 Å². The number of nitrogens with zero attached hydrogens (tertiary/aromatic N) is 2. The highest BCUT2D eigenvalue weighted by molar-refractivity contribution is 5.55. The van der Waals surface area contributed by atoms with Crippen molar-refractivity contribution in [2.45, 2.75) is 103 Å². The van der Waals surface area contributed by atoms with E-state index < -0.39 is 12.3 Å². The van der Waals surface area contributed by atoms with E-state index in [1.54, 1.807) is 12.4 Å². The van der Waals surface area contributed by atoms with E-state index in [9.17, 15) is 8.78 Å². The van der Waals surface area contributed by atoms with Gasteiger partial charge in [0.2, 0.25) is 0 Å². The highest BCUT2D eigenvalue weighted by Gasteiger charge is 2.15. The van der Waals surface area contributed by atoms with Crippen molar-refractivity contribution in [1.82, 2.24) is 9.97 Å². The smallest absolute Gasteiger partial charge is 0.159 e. The fourth-order valence-corrected chi connectivity index (χ4v) is 3.79. The minimum Gasteiger partial charge on any atom is -0.487 e. The third-order valence-electron chi connectivity index (χ3n) is 5.70. The number of rotatable bonds is 17. The van der Waals surface area contributed by atoms with Gasteiger partial charge < -0.3 is 4.74 Å². The van der Waals surface area contributed by atoms with Gasteiger partial charge in [-0.2, -0.15) is 0 Å². The minimum absolute atomic E-state index is 0.127. The summed E-state index contributed by atoms with van der Waals surface area (Å²) in [5.74, 6) is 1.01. The van der Waals surface area contributed by atoms with Crippen LogP contribution < -0.4 is 4.74 Å². The summed E-state index contributed by atoms with van der Waals surface area (Å²) in [7, 11) is 0. The Balaban J connectivity index is 1.70. The van der Waals surface area contributed by atoms with Crippen molar-refractivity contribution >= 4 is 0 Å². The first-order valence-corrected chi connectivity index (χ1v) is 12.4. The quantitative estimate of drug-likeness (QED) is 0.230.